The third kappa shape index (κ3) is 2.70. The summed E-state index contributed by atoms with van der Waals surface area (Å²) in [6.45, 7) is 0. The second kappa shape index (κ2) is 5.09. The number of carbonyl (C=O) groups is 1. The predicted molar refractivity (Wildman–Crippen MR) is 65.0 cm³/mol. The zero-order chi connectivity index (χ0) is 11.5. The van der Waals surface area contributed by atoms with Crippen molar-refractivity contribution in [1.29, 1.82) is 0 Å². The highest BCUT2D eigenvalue weighted by atomic mass is 79.9. The van der Waals surface area contributed by atoms with E-state index in [0.717, 1.165) is 12.8 Å². The first-order valence-electron chi connectivity index (χ1n) is 5.65. The van der Waals surface area contributed by atoms with Gasteiger partial charge in [0.1, 0.15) is 5.82 Å². The molecule has 0 atom stereocenters. The van der Waals surface area contributed by atoms with Crippen LogP contribution >= 0.6 is 15.9 Å². The summed E-state index contributed by atoms with van der Waals surface area (Å²) >= 11 is 3.10. The Hall–Kier alpha value is -0.700. The first-order valence-corrected chi connectivity index (χ1v) is 6.44. The van der Waals surface area contributed by atoms with Gasteiger partial charge in [0.15, 0.2) is 5.78 Å². The van der Waals surface area contributed by atoms with E-state index in [9.17, 15) is 9.18 Å². The molecular formula is C13H14BrFO. The molecular weight excluding hydrogens is 271 g/mol. The molecule has 1 saturated carbocycles. The molecule has 0 radical (unpaired) electrons. The summed E-state index contributed by atoms with van der Waals surface area (Å²) in [7, 11) is 0. The van der Waals surface area contributed by atoms with Gasteiger partial charge in [0.25, 0.3) is 0 Å². The number of hydrogen-bond acceptors (Lipinski definition) is 1. The minimum absolute atomic E-state index is 0.132. The molecule has 1 aromatic carbocycles. The zero-order valence-corrected chi connectivity index (χ0v) is 10.6. The molecule has 0 spiro atoms. The van der Waals surface area contributed by atoms with Gasteiger partial charge in [-0.1, -0.05) is 25.7 Å². The topological polar surface area (TPSA) is 17.1 Å². The van der Waals surface area contributed by atoms with Gasteiger partial charge in [0, 0.05) is 12.0 Å². The Balaban J connectivity index is 2.05. The summed E-state index contributed by atoms with van der Waals surface area (Å²) < 4.78 is 13.4. The van der Waals surface area contributed by atoms with E-state index in [0.29, 0.717) is 22.4 Å². The molecule has 1 fully saturated rings. The summed E-state index contributed by atoms with van der Waals surface area (Å²) in [5.74, 6) is 0.348. The zero-order valence-electron chi connectivity index (χ0n) is 9.01. The standard InChI is InChI=1S/C13H14BrFO/c14-11-8-10(5-6-12(11)15)13(16)7-9-3-1-2-4-9/h5-6,8-9H,1-4,7H2. The third-order valence-corrected chi connectivity index (χ3v) is 3.80. The number of rotatable bonds is 3. The van der Waals surface area contributed by atoms with Crippen LogP contribution in [0.15, 0.2) is 22.7 Å². The Morgan fingerprint density at radius 1 is 1.38 bits per heavy atom. The first-order chi connectivity index (χ1) is 7.66. The molecule has 3 heteroatoms. The lowest BCUT2D eigenvalue weighted by molar-refractivity contribution is 0.0962. The van der Waals surface area contributed by atoms with E-state index in [-0.39, 0.29) is 11.6 Å². The predicted octanol–water partition coefficient (Wildman–Crippen LogP) is 4.35. The van der Waals surface area contributed by atoms with Crippen molar-refractivity contribution in [3.8, 4) is 0 Å². The van der Waals surface area contributed by atoms with Gasteiger partial charge in [-0.25, -0.2) is 4.39 Å². The number of ketones is 1. The average Bonchev–Trinajstić information content (AvgIpc) is 2.74. The number of hydrogen-bond donors (Lipinski definition) is 0. The van der Waals surface area contributed by atoms with Crippen LogP contribution in [-0.4, -0.2) is 5.78 Å². The van der Waals surface area contributed by atoms with Crippen LogP contribution in [0.5, 0.6) is 0 Å². The van der Waals surface area contributed by atoms with E-state index in [1.165, 1.54) is 18.9 Å². The van der Waals surface area contributed by atoms with E-state index in [4.69, 9.17) is 0 Å². The Kier molecular flexibility index (Phi) is 3.74. The second-order valence-corrected chi connectivity index (χ2v) is 5.26. The van der Waals surface area contributed by atoms with Gasteiger partial charge < -0.3 is 0 Å². The van der Waals surface area contributed by atoms with Crippen LogP contribution in [0.25, 0.3) is 0 Å². The highest BCUT2D eigenvalue weighted by Crippen LogP contribution is 2.29. The molecule has 0 heterocycles. The fourth-order valence-corrected chi connectivity index (χ4v) is 2.64. The Morgan fingerprint density at radius 3 is 2.69 bits per heavy atom. The van der Waals surface area contributed by atoms with Crippen LogP contribution in [0.1, 0.15) is 42.5 Å². The Morgan fingerprint density at radius 2 is 2.06 bits per heavy atom. The van der Waals surface area contributed by atoms with Crippen molar-refractivity contribution in [2.24, 2.45) is 5.92 Å². The molecule has 16 heavy (non-hydrogen) atoms. The number of carbonyl (C=O) groups excluding carboxylic acids is 1. The summed E-state index contributed by atoms with van der Waals surface area (Å²) in [5.41, 5.74) is 0.611. The lowest BCUT2D eigenvalue weighted by Gasteiger charge is -2.08. The van der Waals surface area contributed by atoms with Crippen molar-refractivity contribution >= 4 is 21.7 Å². The molecule has 1 aliphatic carbocycles. The molecule has 0 saturated heterocycles. The first kappa shape index (κ1) is 11.8. The SMILES string of the molecule is O=C(CC1CCCC1)c1ccc(F)c(Br)c1. The van der Waals surface area contributed by atoms with Crippen molar-refractivity contribution in [1.82, 2.24) is 0 Å². The number of benzene rings is 1. The fourth-order valence-electron chi connectivity index (χ4n) is 2.26. The summed E-state index contributed by atoms with van der Waals surface area (Å²) in [6, 6.07) is 4.48. The molecule has 2 rings (SSSR count). The van der Waals surface area contributed by atoms with Gasteiger partial charge in [-0.15, -0.1) is 0 Å². The molecule has 1 aliphatic rings. The van der Waals surface area contributed by atoms with E-state index < -0.39 is 0 Å². The van der Waals surface area contributed by atoms with Crippen molar-refractivity contribution < 1.29 is 9.18 Å². The van der Waals surface area contributed by atoms with Crippen LogP contribution in [0.3, 0.4) is 0 Å². The normalized spacial score (nSPS) is 16.6. The van der Waals surface area contributed by atoms with Crippen molar-refractivity contribution in [2.45, 2.75) is 32.1 Å². The van der Waals surface area contributed by atoms with E-state index in [2.05, 4.69) is 15.9 Å². The molecule has 0 aromatic heterocycles. The molecule has 1 nitrogen and oxygen atoms in total. The van der Waals surface area contributed by atoms with Crippen LogP contribution in [0.4, 0.5) is 4.39 Å². The van der Waals surface area contributed by atoms with Gasteiger partial charge in [0.05, 0.1) is 4.47 Å². The van der Waals surface area contributed by atoms with E-state index in [1.807, 2.05) is 0 Å². The summed E-state index contributed by atoms with van der Waals surface area (Å²) in [6.07, 6.45) is 5.41. The van der Waals surface area contributed by atoms with E-state index >= 15 is 0 Å². The Bertz CT molecular complexity index is 397. The van der Waals surface area contributed by atoms with Crippen LogP contribution < -0.4 is 0 Å². The second-order valence-electron chi connectivity index (χ2n) is 4.41. The van der Waals surface area contributed by atoms with Crippen LogP contribution in [0, 0.1) is 11.7 Å². The smallest absolute Gasteiger partial charge is 0.163 e. The van der Waals surface area contributed by atoms with E-state index in [1.54, 1.807) is 12.1 Å². The van der Waals surface area contributed by atoms with Gasteiger partial charge in [0.2, 0.25) is 0 Å². The number of halogens is 2. The van der Waals surface area contributed by atoms with Gasteiger partial charge in [-0.2, -0.15) is 0 Å². The van der Waals surface area contributed by atoms with Gasteiger partial charge in [-0.3, -0.25) is 4.79 Å². The monoisotopic (exact) mass is 284 g/mol. The van der Waals surface area contributed by atoms with Crippen molar-refractivity contribution in [3.63, 3.8) is 0 Å². The van der Waals surface area contributed by atoms with Crippen molar-refractivity contribution in [3.05, 3.63) is 34.1 Å². The maximum Gasteiger partial charge on any atom is 0.163 e. The molecule has 0 N–H and O–H groups in total. The molecule has 86 valence electrons. The molecule has 0 unspecified atom stereocenters. The van der Waals surface area contributed by atoms with Crippen molar-refractivity contribution in [2.75, 3.05) is 0 Å². The largest absolute Gasteiger partial charge is 0.294 e. The maximum absolute atomic E-state index is 13.0. The van der Waals surface area contributed by atoms with Gasteiger partial charge in [-0.05, 0) is 40.0 Å². The fraction of sp³-hybridized carbons (Fsp3) is 0.462. The molecule has 1 aromatic rings. The highest BCUT2D eigenvalue weighted by molar-refractivity contribution is 9.10. The average molecular weight is 285 g/mol. The lowest BCUT2D eigenvalue weighted by Crippen LogP contribution is -2.06. The lowest BCUT2D eigenvalue weighted by atomic mass is 9.97. The summed E-state index contributed by atoms with van der Waals surface area (Å²) in [5, 5.41) is 0. The minimum atomic E-state index is -0.322. The molecule has 0 aliphatic heterocycles. The van der Waals surface area contributed by atoms with Crippen LogP contribution in [0.2, 0.25) is 0 Å². The summed E-state index contributed by atoms with van der Waals surface area (Å²) in [4.78, 5) is 11.9. The molecule has 0 bridgehead atoms. The van der Waals surface area contributed by atoms with Crippen LogP contribution in [-0.2, 0) is 0 Å². The molecule has 0 amide bonds. The minimum Gasteiger partial charge on any atom is -0.294 e. The third-order valence-electron chi connectivity index (χ3n) is 3.19. The van der Waals surface area contributed by atoms with Gasteiger partial charge >= 0.3 is 0 Å². The quantitative estimate of drug-likeness (QED) is 0.754. The highest BCUT2D eigenvalue weighted by Gasteiger charge is 2.19. The Labute approximate surface area is 103 Å². The number of Topliss-reactive ketones (excluding diaryl/α,β-unsaturated/α-hetero) is 1. The maximum atomic E-state index is 13.0.